The Kier molecular flexibility index (Phi) is 8.29. The van der Waals surface area contributed by atoms with Crippen molar-refractivity contribution in [1.29, 1.82) is 0 Å². The maximum absolute atomic E-state index is 13.0. The first-order valence-electron chi connectivity index (χ1n) is 10.7. The lowest BCUT2D eigenvalue weighted by molar-refractivity contribution is -0.126. The van der Waals surface area contributed by atoms with E-state index in [1.807, 2.05) is 0 Å². The molecule has 0 aromatic heterocycles. The first kappa shape index (κ1) is 24.5. The Morgan fingerprint density at radius 1 is 1.00 bits per heavy atom. The second-order valence-electron chi connectivity index (χ2n) is 7.70. The standard InChI is InChI=1S/C23H29N3O6S/c1-31-19-7-5-18(6-8-19)25-22(27)13-14-24-23(28)17-4-3-15-26(16-17)33(29,30)21-11-9-20(32-2)10-12-21/h5-12,17H,3-4,13-16H2,1-2H3,(H,24,28)(H,25,27). The van der Waals surface area contributed by atoms with Gasteiger partial charge in [-0.3, -0.25) is 9.59 Å². The third kappa shape index (κ3) is 6.45. The van der Waals surface area contributed by atoms with Crippen molar-refractivity contribution in [3.63, 3.8) is 0 Å². The van der Waals surface area contributed by atoms with Crippen molar-refractivity contribution < 1.29 is 27.5 Å². The zero-order valence-corrected chi connectivity index (χ0v) is 19.6. The molecule has 0 bridgehead atoms. The highest BCUT2D eigenvalue weighted by molar-refractivity contribution is 7.89. The highest BCUT2D eigenvalue weighted by Gasteiger charge is 2.33. The Morgan fingerprint density at radius 2 is 1.61 bits per heavy atom. The largest absolute Gasteiger partial charge is 0.497 e. The summed E-state index contributed by atoms with van der Waals surface area (Å²) in [7, 11) is -0.623. The fourth-order valence-corrected chi connectivity index (χ4v) is 5.14. The molecule has 0 radical (unpaired) electrons. The minimum absolute atomic E-state index is 0.109. The van der Waals surface area contributed by atoms with Gasteiger partial charge in [-0.15, -0.1) is 0 Å². The minimum atomic E-state index is -3.70. The number of rotatable bonds is 9. The molecular formula is C23H29N3O6S. The Morgan fingerprint density at radius 3 is 2.21 bits per heavy atom. The van der Waals surface area contributed by atoms with Crippen molar-refractivity contribution in [3.8, 4) is 11.5 Å². The van der Waals surface area contributed by atoms with Crippen LogP contribution in [-0.2, 0) is 19.6 Å². The molecule has 1 aliphatic heterocycles. The van der Waals surface area contributed by atoms with Gasteiger partial charge in [0.1, 0.15) is 11.5 Å². The van der Waals surface area contributed by atoms with Crippen LogP contribution in [0.4, 0.5) is 5.69 Å². The van der Waals surface area contributed by atoms with E-state index in [-0.39, 0.29) is 36.2 Å². The van der Waals surface area contributed by atoms with Crippen molar-refractivity contribution in [1.82, 2.24) is 9.62 Å². The smallest absolute Gasteiger partial charge is 0.243 e. The number of sulfonamides is 1. The third-order valence-corrected chi connectivity index (χ3v) is 7.36. The van der Waals surface area contributed by atoms with Crippen LogP contribution < -0.4 is 20.1 Å². The summed E-state index contributed by atoms with van der Waals surface area (Å²) in [5.74, 6) is 0.322. The summed E-state index contributed by atoms with van der Waals surface area (Å²) in [6, 6.07) is 13.1. The summed E-state index contributed by atoms with van der Waals surface area (Å²) in [5, 5.41) is 5.51. The van der Waals surface area contributed by atoms with E-state index < -0.39 is 15.9 Å². The Bertz CT molecular complexity index is 1050. The fraction of sp³-hybridized carbons (Fsp3) is 0.391. The molecule has 2 amide bonds. The van der Waals surface area contributed by atoms with Crippen molar-refractivity contribution >= 4 is 27.5 Å². The van der Waals surface area contributed by atoms with Gasteiger partial charge < -0.3 is 20.1 Å². The number of hydrogen-bond acceptors (Lipinski definition) is 6. The molecule has 33 heavy (non-hydrogen) atoms. The molecule has 3 rings (SSSR count). The lowest BCUT2D eigenvalue weighted by Crippen LogP contribution is -2.45. The monoisotopic (exact) mass is 475 g/mol. The van der Waals surface area contributed by atoms with Crippen LogP contribution in [0.5, 0.6) is 11.5 Å². The molecule has 178 valence electrons. The lowest BCUT2D eigenvalue weighted by Gasteiger charge is -2.31. The van der Waals surface area contributed by atoms with Gasteiger partial charge >= 0.3 is 0 Å². The van der Waals surface area contributed by atoms with E-state index in [0.29, 0.717) is 36.6 Å². The van der Waals surface area contributed by atoms with Crippen molar-refractivity contribution in [2.45, 2.75) is 24.2 Å². The molecule has 0 saturated carbocycles. The number of ether oxygens (including phenoxy) is 2. The number of nitrogens with zero attached hydrogens (tertiary/aromatic N) is 1. The molecular weight excluding hydrogens is 446 g/mol. The van der Waals surface area contributed by atoms with Crippen LogP contribution in [0.15, 0.2) is 53.4 Å². The first-order valence-corrected chi connectivity index (χ1v) is 12.1. The van der Waals surface area contributed by atoms with Crippen molar-refractivity contribution in [3.05, 3.63) is 48.5 Å². The second kappa shape index (κ2) is 11.2. The molecule has 1 atom stereocenters. The van der Waals surface area contributed by atoms with E-state index in [1.165, 1.54) is 23.5 Å². The number of carbonyl (C=O) groups is 2. The molecule has 1 unspecified atom stereocenters. The van der Waals surface area contributed by atoms with Gasteiger partial charge in [-0.25, -0.2) is 8.42 Å². The highest BCUT2D eigenvalue weighted by Crippen LogP contribution is 2.25. The minimum Gasteiger partial charge on any atom is -0.497 e. The van der Waals surface area contributed by atoms with Crippen LogP contribution >= 0.6 is 0 Å². The van der Waals surface area contributed by atoms with Crippen LogP contribution in [0.1, 0.15) is 19.3 Å². The van der Waals surface area contributed by atoms with Gasteiger partial charge in [0.25, 0.3) is 0 Å². The third-order valence-electron chi connectivity index (χ3n) is 5.48. The number of methoxy groups -OCH3 is 2. The summed E-state index contributed by atoms with van der Waals surface area (Å²) in [5.41, 5.74) is 0.638. The Hall–Kier alpha value is -3.11. The number of hydrogen-bond donors (Lipinski definition) is 2. The maximum atomic E-state index is 13.0. The zero-order chi connectivity index (χ0) is 23.8. The maximum Gasteiger partial charge on any atom is 0.243 e. The van der Waals surface area contributed by atoms with Gasteiger partial charge in [0.15, 0.2) is 0 Å². The molecule has 9 nitrogen and oxygen atoms in total. The van der Waals surface area contributed by atoms with Crippen LogP contribution in [0.3, 0.4) is 0 Å². The van der Waals surface area contributed by atoms with Gasteiger partial charge in [-0.2, -0.15) is 4.31 Å². The number of carbonyl (C=O) groups excluding carboxylic acids is 2. The Balaban J connectivity index is 1.49. The van der Waals surface area contributed by atoms with Crippen LogP contribution in [-0.4, -0.2) is 58.4 Å². The van der Waals surface area contributed by atoms with E-state index in [9.17, 15) is 18.0 Å². The van der Waals surface area contributed by atoms with Gasteiger partial charge in [0.2, 0.25) is 21.8 Å². The molecule has 1 fully saturated rings. The summed E-state index contributed by atoms with van der Waals surface area (Å²) in [4.78, 5) is 24.9. The number of nitrogens with one attached hydrogen (secondary N) is 2. The van der Waals surface area contributed by atoms with Crippen molar-refractivity contribution in [2.75, 3.05) is 39.2 Å². The first-order chi connectivity index (χ1) is 15.8. The molecule has 10 heteroatoms. The predicted molar refractivity (Wildman–Crippen MR) is 124 cm³/mol. The van der Waals surface area contributed by atoms with Crippen LogP contribution in [0, 0.1) is 5.92 Å². The van der Waals surface area contributed by atoms with E-state index in [2.05, 4.69) is 10.6 Å². The van der Waals surface area contributed by atoms with E-state index >= 15 is 0 Å². The second-order valence-corrected chi connectivity index (χ2v) is 9.63. The van der Waals surface area contributed by atoms with E-state index in [0.717, 1.165) is 0 Å². The fourth-order valence-electron chi connectivity index (χ4n) is 3.61. The van der Waals surface area contributed by atoms with Gasteiger partial charge in [0.05, 0.1) is 25.0 Å². The lowest BCUT2D eigenvalue weighted by atomic mass is 9.99. The van der Waals surface area contributed by atoms with Gasteiger partial charge in [0, 0.05) is 31.7 Å². The molecule has 2 N–H and O–H groups in total. The molecule has 0 spiro atoms. The summed E-state index contributed by atoms with van der Waals surface area (Å²) < 4.78 is 37.4. The van der Waals surface area contributed by atoms with E-state index in [1.54, 1.807) is 43.5 Å². The molecule has 2 aromatic carbocycles. The van der Waals surface area contributed by atoms with Crippen LogP contribution in [0.25, 0.3) is 0 Å². The molecule has 1 aliphatic rings. The summed E-state index contributed by atoms with van der Waals surface area (Å²) in [6.07, 6.45) is 1.29. The average molecular weight is 476 g/mol. The Labute approximate surface area is 194 Å². The SMILES string of the molecule is COc1ccc(NC(=O)CCNC(=O)C2CCCN(S(=O)(=O)c3ccc(OC)cc3)C2)cc1. The van der Waals surface area contributed by atoms with Crippen molar-refractivity contribution in [2.24, 2.45) is 5.92 Å². The van der Waals surface area contributed by atoms with Gasteiger partial charge in [-0.1, -0.05) is 0 Å². The normalized spacial score (nSPS) is 16.6. The number of anilines is 1. The topological polar surface area (TPSA) is 114 Å². The highest BCUT2D eigenvalue weighted by atomic mass is 32.2. The van der Waals surface area contributed by atoms with Gasteiger partial charge in [-0.05, 0) is 61.4 Å². The average Bonchev–Trinajstić information content (AvgIpc) is 2.84. The molecule has 1 saturated heterocycles. The molecule has 1 heterocycles. The number of amides is 2. The summed E-state index contributed by atoms with van der Waals surface area (Å²) >= 11 is 0. The number of piperidine rings is 1. The predicted octanol–water partition coefficient (Wildman–Crippen LogP) is 2.25. The zero-order valence-electron chi connectivity index (χ0n) is 18.7. The van der Waals surface area contributed by atoms with Crippen LogP contribution in [0.2, 0.25) is 0 Å². The van der Waals surface area contributed by atoms with E-state index in [4.69, 9.17) is 9.47 Å². The summed E-state index contributed by atoms with van der Waals surface area (Å²) in [6.45, 7) is 0.642. The quantitative estimate of drug-likeness (QED) is 0.575. The molecule has 0 aliphatic carbocycles. The molecule has 2 aromatic rings. The number of benzene rings is 2.